The molecule has 3 rings (SSSR count). The highest BCUT2D eigenvalue weighted by Gasteiger charge is 2.19. The molecule has 3 aromatic rings. The molecule has 1 aromatic heterocycles. The second-order valence-corrected chi connectivity index (χ2v) is 7.50. The fraction of sp³-hybridized carbons (Fsp3) is 0.158. The van der Waals surface area contributed by atoms with Crippen LogP contribution < -0.4 is 5.32 Å². The number of hydrogen-bond donors (Lipinski definition) is 1. The summed E-state index contributed by atoms with van der Waals surface area (Å²) < 4.78 is 1.86. The number of carbonyl (C=O) groups excluding carboxylic acids is 1. The molecule has 0 saturated heterocycles. The van der Waals surface area contributed by atoms with Crippen LogP contribution in [0.25, 0.3) is 11.4 Å². The van der Waals surface area contributed by atoms with E-state index in [0.717, 1.165) is 11.4 Å². The van der Waals surface area contributed by atoms with Crippen molar-refractivity contribution in [3.63, 3.8) is 0 Å². The van der Waals surface area contributed by atoms with Gasteiger partial charge in [0.1, 0.15) is 6.07 Å². The maximum atomic E-state index is 12.5. The zero-order chi connectivity index (χ0) is 19.4. The Kier molecular flexibility index (Phi) is 5.79. The average molecular weight is 398 g/mol. The molecule has 1 amide bonds. The molecule has 0 spiro atoms. The molecule has 0 aliphatic heterocycles. The van der Waals surface area contributed by atoms with Crippen LogP contribution in [0.15, 0.2) is 53.7 Å². The van der Waals surface area contributed by atoms with Gasteiger partial charge >= 0.3 is 0 Å². The first-order valence-corrected chi connectivity index (χ1v) is 9.37. The van der Waals surface area contributed by atoms with Crippen molar-refractivity contribution in [2.45, 2.75) is 17.3 Å². The molecule has 0 radical (unpaired) electrons. The number of benzene rings is 2. The lowest BCUT2D eigenvalue weighted by Gasteiger charge is -2.12. The molecule has 0 fully saturated rings. The van der Waals surface area contributed by atoms with Gasteiger partial charge in [0.15, 0.2) is 11.0 Å². The van der Waals surface area contributed by atoms with Gasteiger partial charge in [0.2, 0.25) is 5.91 Å². The first-order valence-electron chi connectivity index (χ1n) is 8.11. The topological polar surface area (TPSA) is 83.6 Å². The van der Waals surface area contributed by atoms with E-state index >= 15 is 0 Å². The van der Waals surface area contributed by atoms with E-state index in [0.29, 0.717) is 21.4 Å². The Morgan fingerprint density at radius 2 is 2.00 bits per heavy atom. The summed E-state index contributed by atoms with van der Waals surface area (Å²) in [6.45, 7) is 1.79. The quantitative estimate of drug-likeness (QED) is 0.654. The largest absolute Gasteiger partial charge is 0.325 e. The van der Waals surface area contributed by atoms with E-state index in [1.54, 1.807) is 25.1 Å². The van der Waals surface area contributed by atoms with E-state index in [2.05, 4.69) is 15.5 Å². The highest BCUT2D eigenvalue weighted by molar-refractivity contribution is 8.00. The van der Waals surface area contributed by atoms with Gasteiger partial charge in [0.25, 0.3) is 0 Å². The van der Waals surface area contributed by atoms with Crippen LogP contribution >= 0.6 is 23.4 Å². The van der Waals surface area contributed by atoms with Crippen molar-refractivity contribution < 1.29 is 4.79 Å². The molecule has 27 heavy (non-hydrogen) atoms. The number of amides is 1. The second-order valence-electron chi connectivity index (χ2n) is 5.79. The van der Waals surface area contributed by atoms with Gasteiger partial charge in [-0.15, -0.1) is 10.2 Å². The molecular weight excluding hydrogens is 382 g/mol. The van der Waals surface area contributed by atoms with Crippen LogP contribution in [0.5, 0.6) is 0 Å². The maximum absolute atomic E-state index is 12.5. The van der Waals surface area contributed by atoms with Gasteiger partial charge in [-0.3, -0.25) is 4.79 Å². The Labute approximate surface area is 166 Å². The highest BCUT2D eigenvalue weighted by Crippen LogP contribution is 2.27. The van der Waals surface area contributed by atoms with Crippen molar-refractivity contribution in [2.75, 3.05) is 5.32 Å². The molecular formula is C19H16ClN5OS. The van der Waals surface area contributed by atoms with Gasteiger partial charge < -0.3 is 9.88 Å². The summed E-state index contributed by atoms with van der Waals surface area (Å²) in [6, 6.07) is 16.5. The van der Waals surface area contributed by atoms with Gasteiger partial charge in [0, 0.05) is 18.3 Å². The van der Waals surface area contributed by atoms with E-state index < -0.39 is 5.25 Å². The van der Waals surface area contributed by atoms with Crippen molar-refractivity contribution in [1.82, 2.24) is 14.8 Å². The molecule has 8 heteroatoms. The standard InChI is InChI=1S/C19H16ClN5OS/c1-12(18(26)22-15-9-8-14(11-21)16(20)10-15)27-19-24-23-17(25(19)2)13-6-4-3-5-7-13/h3-10,12H,1-2H3,(H,22,26). The van der Waals surface area contributed by atoms with E-state index in [-0.39, 0.29) is 5.91 Å². The highest BCUT2D eigenvalue weighted by atomic mass is 35.5. The maximum Gasteiger partial charge on any atom is 0.237 e. The van der Waals surface area contributed by atoms with Crippen LogP contribution in [-0.2, 0) is 11.8 Å². The van der Waals surface area contributed by atoms with Crippen molar-refractivity contribution in [3.05, 3.63) is 59.1 Å². The normalized spacial score (nSPS) is 11.6. The Balaban J connectivity index is 1.69. The average Bonchev–Trinajstić information content (AvgIpc) is 3.03. The minimum atomic E-state index is -0.397. The molecule has 136 valence electrons. The lowest BCUT2D eigenvalue weighted by Crippen LogP contribution is -2.22. The Morgan fingerprint density at radius 1 is 1.26 bits per heavy atom. The summed E-state index contributed by atoms with van der Waals surface area (Å²) in [5, 5.41) is 20.7. The summed E-state index contributed by atoms with van der Waals surface area (Å²) in [5.74, 6) is 0.551. The zero-order valence-electron chi connectivity index (χ0n) is 14.7. The lowest BCUT2D eigenvalue weighted by molar-refractivity contribution is -0.115. The first-order chi connectivity index (χ1) is 13.0. The summed E-state index contributed by atoms with van der Waals surface area (Å²) in [6.07, 6.45) is 0. The Bertz CT molecular complexity index is 1010. The van der Waals surface area contributed by atoms with E-state index in [9.17, 15) is 4.79 Å². The fourth-order valence-corrected chi connectivity index (χ4v) is 3.43. The van der Waals surface area contributed by atoms with Crippen LogP contribution in [0.2, 0.25) is 5.02 Å². The van der Waals surface area contributed by atoms with Crippen LogP contribution in [0, 0.1) is 11.3 Å². The third-order valence-electron chi connectivity index (χ3n) is 3.88. The molecule has 2 aromatic carbocycles. The molecule has 0 aliphatic carbocycles. The molecule has 0 saturated carbocycles. The molecule has 1 atom stereocenters. The van der Waals surface area contributed by atoms with Crippen LogP contribution in [-0.4, -0.2) is 25.9 Å². The number of rotatable bonds is 5. The van der Waals surface area contributed by atoms with Gasteiger partial charge in [-0.05, 0) is 25.1 Å². The lowest BCUT2D eigenvalue weighted by atomic mass is 10.2. The minimum absolute atomic E-state index is 0.190. The number of anilines is 1. The van der Waals surface area contributed by atoms with Gasteiger partial charge in [-0.2, -0.15) is 5.26 Å². The molecule has 0 aliphatic rings. The summed E-state index contributed by atoms with van der Waals surface area (Å²) in [4.78, 5) is 12.5. The van der Waals surface area contributed by atoms with Crippen molar-refractivity contribution >= 4 is 35.0 Å². The summed E-state index contributed by atoms with van der Waals surface area (Å²) in [7, 11) is 1.87. The third-order valence-corrected chi connectivity index (χ3v) is 5.32. The number of nitrogens with one attached hydrogen (secondary N) is 1. The monoisotopic (exact) mass is 397 g/mol. The van der Waals surface area contributed by atoms with E-state index in [1.165, 1.54) is 11.8 Å². The third kappa shape index (κ3) is 4.30. The molecule has 1 unspecified atom stereocenters. The summed E-state index contributed by atoms with van der Waals surface area (Å²) >= 11 is 7.32. The van der Waals surface area contributed by atoms with E-state index in [4.69, 9.17) is 16.9 Å². The summed E-state index contributed by atoms with van der Waals surface area (Å²) in [5.41, 5.74) is 1.87. The van der Waals surface area contributed by atoms with Gasteiger partial charge in [-0.25, -0.2) is 0 Å². The van der Waals surface area contributed by atoms with Crippen LogP contribution in [0.4, 0.5) is 5.69 Å². The first kappa shape index (κ1) is 19.0. The SMILES string of the molecule is CC(Sc1nnc(-c2ccccc2)n1C)C(=O)Nc1ccc(C#N)c(Cl)c1. The smallest absolute Gasteiger partial charge is 0.237 e. The minimum Gasteiger partial charge on any atom is -0.325 e. The number of thioether (sulfide) groups is 1. The number of halogens is 1. The number of hydrogen-bond acceptors (Lipinski definition) is 5. The van der Waals surface area contributed by atoms with E-state index in [1.807, 2.05) is 48.0 Å². The Morgan fingerprint density at radius 3 is 2.67 bits per heavy atom. The van der Waals surface area contributed by atoms with Crippen molar-refractivity contribution in [1.29, 1.82) is 5.26 Å². The number of carbonyl (C=O) groups is 1. The zero-order valence-corrected chi connectivity index (χ0v) is 16.3. The number of nitrogens with zero attached hydrogens (tertiary/aromatic N) is 4. The predicted octanol–water partition coefficient (Wildman–Crippen LogP) is 4.13. The van der Waals surface area contributed by atoms with Gasteiger partial charge in [0.05, 0.1) is 15.8 Å². The molecule has 1 N–H and O–H groups in total. The number of nitriles is 1. The Hall–Kier alpha value is -2.82. The van der Waals surface area contributed by atoms with Crippen LogP contribution in [0.3, 0.4) is 0 Å². The molecule has 6 nitrogen and oxygen atoms in total. The van der Waals surface area contributed by atoms with Gasteiger partial charge in [-0.1, -0.05) is 53.7 Å². The van der Waals surface area contributed by atoms with Crippen LogP contribution in [0.1, 0.15) is 12.5 Å². The predicted molar refractivity (Wildman–Crippen MR) is 107 cm³/mol. The molecule has 1 heterocycles. The van der Waals surface area contributed by atoms with Crippen molar-refractivity contribution in [2.24, 2.45) is 7.05 Å². The second kappa shape index (κ2) is 8.25. The fourth-order valence-electron chi connectivity index (χ4n) is 2.40. The molecule has 0 bridgehead atoms. The number of aromatic nitrogens is 3. The van der Waals surface area contributed by atoms with Crippen molar-refractivity contribution in [3.8, 4) is 17.5 Å².